The van der Waals surface area contributed by atoms with E-state index in [1.165, 1.54) is 5.57 Å². The van der Waals surface area contributed by atoms with Gasteiger partial charge in [0, 0.05) is 29.9 Å². The van der Waals surface area contributed by atoms with Gasteiger partial charge in [0.2, 0.25) is 0 Å². The number of rotatable bonds is 14. The Labute approximate surface area is 216 Å². The Kier molecular flexibility index (Phi) is 10.2. The minimum atomic E-state index is 0.627. The molecule has 0 fully saturated rings. The summed E-state index contributed by atoms with van der Waals surface area (Å²) in [5.41, 5.74) is 4.24. The van der Waals surface area contributed by atoms with Crippen molar-refractivity contribution in [2.75, 3.05) is 31.7 Å². The third-order valence-electron chi connectivity index (χ3n) is 6.10. The lowest BCUT2D eigenvalue weighted by atomic mass is 10.1. The monoisotopic (exact) mass is 488 g/mol. The van der Waals surface area contributed by atoms with Crippen molar-refractivity contribution >= 4 is 22.4 Å². The molecule has 0 aliphatic heterocycles. The van der Waals surface area contributed by atoms with E-state index in [-0.39, 0.29) is 0 Å². The lowest BCUT2D eigenvalue weighted by molar-refractivity contribution is 0.262. The summed E-state index contributed by atoms with van der Waals surface area (Å²) in [4.78, 5) is 13.7. The average Bonchev–Trinajstić information content (AvgIpc) is 2.89. The molecular formula is C30H40N4O2. The summed E-state index contributed by atoms with van der Waals surface area (Å²) in [7, 11) is 2.02. The van der Waals surface area contributed by atoms with Gasteiger partial charge in [-0.15, -0.1) is 0 Å². The molecule has 0 aliphatic rings. The molecule has 6 heteroatoms. The van der Waals surface area contributed by atoms with Crippen molar-refractivity contribution in [3.63, 3.8) is 0 Å². The van der Waals surface area contributed by atoms with E-state index in [0.29, 0.717) is 19.8 Å². The summed E-state index contributed by atoms with van der Waals surface area (Å²) >= 11 is 0. The van der Waals surface area contributed by atoms with Gasteiger partial charge in [-0.1, -0.05) is 57.0 Å². The molecule has 2 aromatic carbocycles. The molecule has 0 saturated heterocycles. The zero-order chi connectivity index (χ0) is 25.9. The predicted molar refractivity (Wildman–Crippen MR) is 150 cm³/mol. The summed E-state index contributed by atoms with van der Waals surface area (Å²) in [5.74, 6) is 2.30. The first-order valence-electron chi connectivity index (χ1n) is 12.9. The quantitative estimate of drug-likeness (QED) is 0.219. The van der Waals surface area contributed by atoms with E-state index in [1.54, 1.807) is 6.33 Å². The lowest BCUT2D eigenvalue weighted by Gasteiger charge is -2.30. The molecule has 1 aromatic heterocycles. The number of unbranched alkanes of at least 4 members (excludes halogenated alkanes) is 2. The lowest BCUT2D eigenvalue weighted by Crippen LogP contribution is -2.27. The molecule has 0 amide bonds. The van der Waals surface area contributed by atoms with Gasteiger partial charge >= 0.3 is 0 Å². The average molecular weight is 489 g/mol. The fourth-order valence-corrected chi connectivity index (χ4v) is 3.92. The third kappa shape index (κ3) is 6.78. The molecule has 0 radical (unpaired) electrons. The van der Waals surface area contributed by atoms with Gasteiger partial charge in [-0.3, -0.25) is 0 Å². The van der Waals surface area contributed by atoms with Crippen LogP contribution in [0.4, 0.5) is 11.5 Å². The molecule has 3 aromatic rings. The summed E-state index contributed by atoms with van der Waals surface area (Å²) in [6, 6.07) is 14.3. The first-order chi connectivity index (χ1) is 17.5. The Balaban J connectivity index is 2.15. The number of benzene rings is 2. The molecule has 0 saturated carbocycles. The second-order valence-electron chi connectivity index (χ2n) is 9.08. The molecule has 3 rings (SSSR count). The fourth-order valence-electron chi connectivity index (χ4n) is 3.92. The molecule has 0 atom stereocenters. The van der Waals surface area contributed by atoms with Crippen LogP contribution in [0.2, 0.25) is 0 Å². The molecule has 0 aliphatic carbocycles. The number of hydrogen-bond donors (Lipinski definition) is 0. The van der Waals surface area contributed by atoms with Gasteiger partial charge in [0.25, 0.3) is 0 Å². The molecular weight excluding hydrogens is 448 g/mol. The van der Waals surface area contributed by atoms with Crippen LogP contribution >= 0.6 is 0 Å². The number of anilines is 2. The SMILES string of the molecule is C=CN(C)C(CN(c1ccccc1)c1ncnc2cc(OCCCC)c(OCCCC)cc12)=C(C)C. The molecule has 0 unspecified atom stereocenters. The standard InChI is InChI=1S/C30H40N4O2/c1-7-10-17-35-28-19-25-26(20-29(28)36-18-11-8-2)31-22-32-30(25)34(24-15-13-12-14-16-24)21-27(23(4)5)33(6)9-3/h9,12-16,19-20,22H,3,7-8,10-11,17-18,21H2,1-2,4-6H3. The van der Waals surface area contributed by atoms with Crippen molar-refractivity contribution in [1.29, 1.82) is 0 Å². The number of likely N-dealkylation sites (N-methyl/N-ethyl adjacent to an activating group) is 1. The van der Waals surface area contributed by atoms with Crippen LogP contribution < -0.4 is 14.4 Å². The molecule has 0 bridgehead atoms. The number of fused-ring (bicyclic) bond motifs is 1. The normalized spacial score (nSPS) is 10.7. The highest BCUT2D eigenvalue weighted by Crippen LogP contribution is 2.38. The number of aromatic nitrogens is 2. The summed E-state index contributed by atoms with van der Waals surface area (Å²) in [5, 5.41) is 0.921. The maximum Gasteiger partial charge on any atom is 0.163 e. The number of hydrogen-bond acceptors (Lipinski definition) is 6. The Morgan fingerprint density at radius 1 is 0.944 bits per heavy atom. The summed E-state index contributed by atoms with van der Waals surface area (Å²) in [6.07, 6.45) is 7.58. The van der Waals surface area contributed by atoms with Crippen LogP contribution in [0, 0.1) is 0 Å². The molecule has 192 valence electrons. The van der Waals surface area contributed by atoms with E-state index in [4.69, 9.17) is 14.5 Å². The van der Waals surface area contributed by atoms with Crippen molar-refractivity contribution in [3.8, 4) is 11.5 Å². The van der Waals surface area contributed by atoms with Gasteiger partial charge in [-0.25, -0.2) is 9.97 Å². The first-order valence-corrected chi connectivity index (χ1v) is 12.9. The van der Waals surface area contributed by atoms with Crippen LogP contribution in [0.25, 0.3) is 10.9 Å². The number of allylic oxidation sites excluding steroid dienone is 1. The van der Waals surface area contributed by atoms with Crippen LogP contribution in [0.1, 0.15) is 53.4 Å². The molecule has 0 N–H and O–H groups in total. The van der Waals surface area contributed by atoms with Crippen LogP contribution in [-0.2, 0) is 0 Å². The van der Waals surface area contributed by atoms with Crippen molar-refractivity contribution < 1.29 is 9.47 Å². The number of ether oxygens (including phenoxy) is 2. The van der Waals surface area contributed by atoms with Crippen LogP contribution in [-0.4, -0.2) is 41.7 Å². The largest absolute Gasteiger partial charge is 0.490 e. The minimum absolute atomic E-state index is 0.627. The molecule has 0 spiro atoms. The second-order valence-corrected chi connectivity index (χ2v) is 9.08. The Morgan fingerprint density at radius 2 is 1.58 bits per heavy atom. The van der Waals surface area contributed by atoms with Gasteiger partial charge in [-0.2, -0.15) is 0 Å². The number of para-hydroxylation sites is 1. The first kappa shape index (κ1) is 27.1. The van der Waals surface area contributed by atoms with E-state index in [9.17, 15) is 0 Å². The Bertz CT molecular complexity index is 1160. The van der Waals surface area contributed by atoms with Crippen molar-refractivity contribution in [3.05, 3.63) is 72.8 Å². The van der Waals surface area contributed by atoms with Crippen molar-refractivity contribution in [1.82, 2.24) is 14.9 Å². The van der Waals surface area contributed by atoms with Crippen LogP contribution in [0.3, 0.4) is 0 Å². The van der Waals surface area contributed by atoms with Gasteiger partial charge in [0.05, 0.1) is 25.3 Å². The van der Waals surface area contributed by atoms with E-state index in [2.05, 4.69) is 61.2 Å². The van der Waals surface area contributed by atoms with Crippen LogP contribution in [0.15, 0.2) is 72.8 Å². The minimum Gasteiger partial charge on any atom is -0.490 e. The van der Waals surface area contributed by atoms with E-state index in [0.717, 1.165) is 65.3 Å². The zero-order valence-electron chi connectivity index (χ0n) is 22.5. The Hall–Kier alpha value is -3.54. The van der Waals surface area contributed by atoms with E-state index in [1.807, 2.05) is 43.6 Å². The van der Waals surface area contributed by atoms with Gasteiger partial charge in [0.15, 0.2) is 11.5 Å². The zero-order valence-corrected chi connectivity index (χ0v) is 22.5. The fraction of sp³-hybridized carbons (Fsp3) is 0.400. The maximum atomic E-state index is 6.20. The molecule has 36 heavy (non-hydrogen) atoms. The Morgan fingerprint density at radius 3 is 2.17 bits per heavy atom. The van der Waals surface area contributed by atoms with Gasteiger partial charge in [0.1, 0.15) is 12.1 Å². The molecule has 1 heterocycles. The van der Waals surface area contributed by atoms with Crippen molar-refractivity contribution in [2.24, 2.45) is 0 Å². The van der Waals surface area contributed by atoms with Gasteiger partial charge < -0.3 is 19.3 Å². The maximum absolute atomic E-state index is 6.20. The van der Waals surface area contributed by atoms with Gasteiger partial charge in [-0.05, 0) is 51.1 Å². The number of nitrogens with zero attached hydrogens (tertiary/aromatic N) is 4. The highest BCUT2D eigenvalue weighted by molar-refractivity contribution is 5.94. The van der Waals surface area contributed by atoms with E-state index < -0.39 is 0 Å². The van der Waals surface area contributed by atoms with Crippen molar-refractivity contribution in [2.45, 2.75) is 53.4 Å². The summed E-state index contributed by atoms with van der Waals surface area (Å²) < 4.78 is 12.3. The van der Waals surface area contributed by atoms with E-state index >= 15 is 0 Å². The second kappa shape index (κ2) is 13.5. The smallest absolute Gasteiger partial charge is 0.163 e. The molecule has 6 nitrogen and oxygen atoms in total. The highest BCUT2D eigenvalue weighted by atomic mass is 16.5. The summed E-state index contributed by atoms with van der Waals surface area (Å²) in [6.45, 7) is 14.5. The topological polar surface area (TPSA) is 50.7 Å². The third-order valence-corrected chi connectivity index (χ3v) is 6.10. The van der Waals surface area contributed by atoms with Crippen LogP contribution in [0.5, 0.6) is 11.5 Å². The predicted octanol–water partition coefficient (Wildman–Crippen LogP) is 7.49. The highest BCUT2D eigenvalue weighted by Gasteiger charge is 2.20.